The Morgan fingerprint density at radius 3 is 2.33 bits per heavy atom. The summed E-state index contributed by atoms with van der Waals surface area (Å²) in [4.78, 5) is 16.4. The van der Waals surface area contributed by atoms with Crippen LogP contribution in [0.4, 0.5) is 0 Å². The van der Waals surface area contributed by atoms with Gasteiger partial charge in [-0.05, 0) is 80.6 Å². The zero-order valence-corrected chi connectivity index (χ0v) is 19.6. The maximum absolute atomic E-state index is 12.2. The van der Waals surface area contributed by atoms with Crippen LogP contribution in [0.5, 0.6) is 5.75 Å². The van der Waals surface area contributed by atoms with Gasteiger partial charge in [0.15, 0.2) is 6.23 Å². The second kappa shape index (κ2) is 10.2. The predicted molar refractivity (Wildman–Crippen MR) is 130 cm³/mol. The average Bonchev–Trinajstić information content (AvgIpc) is 3.26. The molecular formula is C28H32N2O3. The molecule has 0 saturated carbocycles. The molecule has 1 fully saturated rings. The Kier molecular flexibility index (Phi) is 7.09. The summed E-state index contributed by atoms with van der Waals surface area (Å²) < 4.78 is 11.7. The van der Waals surface area contributed by atoms with Crippen LogP contribution in [0.3, 0.4) is 0 Å². The van der Waals surface area contributed by atoms with Crippen LogP contribution in [0.15, 0.2) is 73.1 Å². The van der Waals surface area contributed by atoms with E-state index in [4.69, 9.17) is 9.47 Å². The molecule has 1 aromatic heterocycles. The lowest BCUT2D eigenvalue weighted by molar-refractivity contribution is -0.162. The van der Waals surface area contributed by atoms with Crippen LogP contribution in [0.1, 0.15) is 38.3 Å². The van der Waals surface area contributed by atoms with E-state index in [1.807, 2.05) is 45.2 Å². The van der Waals surface area contributed by atoms with E-state index in [-0.39, 0.29) is 18.1 Å². The van der Waals surface area contributed by atoms with E-state index < -0.39 is 5.41 Å². The number of hydrogen-bond acceptors (Lipinski definition) is 5. The Balaban J connectivity index is 1.29. The first kappa shape index (κ1) is 23.0. The summed E-state index contributed by atoms with van der Waals surface area (Å²) in [5.74, 6) is 0.789. The highest BCUT2D eigenvalue weighted by molar-refractivity contribution is 5.75. The van der Waals surface area contributed by atoms with Gasteiger partial charge in [-0.3, -0.25) is 15.1 Å². The SMILES string of the molecule is CC(C)(C)C(=O)OC1NCC[C@@H]1COc1ccc(Cc2ccc(-c3cccnc3)cc2)cc1. The van der Waals surface area contributed by atoms with Crippen molar-refractivity contribution in [2.24, 2.45) is 11.3 Å². The summed E-state index contributed by atoms with van der Waals surface area (Å²) in [7, 11) is 0. The number of pyridine rings is 1. The first-order valence-corrected chi connectivity index (χ1v) is 11.5. The third-order valence-corrected chi connectivity index (χ3v) is 5.88. The van der Waals surface area contributed by atoms with E-state index in [1.165, 1.54) is 16.7 Å². The number of rotatable bonds is 7. The van der Waals surface area contributed by atoms with Crippen molar-refractivity contribution in [2.75, 3.05) is 13.2 Å². The van der Waals surface area contributed by atoms with Crippen LogP contribution >= 0.6 is 0 Å². The molecule has 2 aromatic carbocycles. The summed E-state index contributed by atoms with van der Waals surface area (Å²) >= 11 is 0. The first-order chi connectivity index (χ1) is 15.9. The number of hydrogen-bond donors (Lipinski definition) is 1. The fourth-order valence-corrected chi connectivity index (χ4v) is 3.82. The highest BCUT2D eigenvalue weighted by Crippen LogP contribution is 2.24. The number of aromatic nitrogens is 1. The molecule has 1 aliphatic rings. The van der Waals surface area contributed by atoms with Gasteiger partial charge in [0, 0.05) is 18.3 Å². The molecule has 2 atom stereocenters. The smallest absolute Gasteiger partial charge is 0.312 e. The molecule has 33 heavy (non-hydrogen) atoms. The van der Waals surface area contributed by atoms with Crippen molar-refractivity contribution >= 4 is 5.97 Å². The molecule has 0 spiro atoms. The molecule has 172 valence electrons. The maximum Gasteiger partial charge on any atom is 0.312 e. The van der Waals surface area contributed by atoms with Crippen LogP contribution in [0.25, 0.3) is 11.1 Å². The Hall–Kier alpha value is -3.18. The number of ether oxygens (including phenoxy) is 2. The molecule has 4 rings (SSSR count). The van der Waals surface area contributed by atoms with Gasteiger partial charge >= 0.3 is 5.97 Å². The van der Waals surface area contributed by atoms with Gasteiger partial charge in [0.2, 0.25) is 0 Å². The van der Waals surface area contributed by atoms with Crippen molar-refractivity contribution in [3.05, 3.63) is 84.2 Å². The minimum Gasteiger partial charge on any atom is -0.493 e. The number of esters is 1. The second-order valence-corrected chi connectivity index (χ2v) is 9.65. The molecule has 1 aliphatic heterocycles. The molecule has 0 bridgehead atoms. The molecule has 1 N–H and O–H groups in total. The first-order valence-electron chi connectivity index (χ1n) is 11.5. The second-order valence-electron chi connectivity index (χ2n) is 9.65. The van der Waals surface area contributed by atoms with E-state index in [2.05, 4.69) is 52.8 Å². The lowest BCUT2D eigenvalue weighted by Crippen LogP contribution is -2.38. The largest absolute Gasteiger partial charge is 0.493 e. The molecule has 1 unspecified atom stereocenters. The van der Waals surface area contributed by atoms with Crippen LogP contribution < -0.4 is 10.1 Å². The molecule has 1 saturated heterocycles. The van der Waals surface area contributed by atoms with Crippen LogP contribution in [-0.2, 0) is 16.0 Å². The minimum atomic E-state index is -0.509. The summed E-state index contributed by atoms with van der Waals surface area (Å²) in [6.07, 6.45) is 5.17. The third kappa shape index (κ3) is 6.20. The van der Waals surface area contributed by atoms with Crippen molar-refractivity contribution in [1.29, 1.82) is 0 Å². The Morgan fingerprint density at radius 2 is 1.70 bits per heavy atom. The summed E-state index contributed by atoms with van der Waals surface area (Å²) in [5, 5.41) is 3.27. The van der Waals surface area contributed by atoms with Crippen LogP contribution in [0, 0.1) is 11.3 Å². The normalized spacial score (nSPS) is 18.2. The fourth-order valence-electron chi connectivity index (χ4n) is 3.82. The van der Waals surface area contributed by atoms with Gasteiger partial charge in [-0.15, -0.1) is 0 Å². The standard InChI is InChI=1S/C28H32N2O3/c1-28(2,3)27(31)33-26-24(14-16-30-26)19-32-25-12-8-21(9-13-25)17-20-6-10-22(11-7-20)23-5-4-15-29-18-23/h4-13,15,18,24,26,30H,14,16-17,19H2,1-3H3/t24-,26?/m1/s1. The zero-order chi connectivity index (χ0) is 23.3. The number of nitrogens with zero attached hydrogens (tertiary/aromatic N) is 1. The highest BCUT2D eigenvalue weighted by atomic mass is 16.6. The van der Waals surface area contributed by atoms with Gasteiger partial charge in [-0.25, -0.2) is 0 Å². The molecule has 0 aliphatic carbocycles. The lowest BCUT2D eigenvalue weighted by Gasteiger charge is -2.24. The van der Waals surface area contributed by atoms with E-state index >= 15 is 0 Å². The molecule has 5 nitrogen and oxygen atoms in total. The van der Waals surface area contributed by atoms with Crippen molar-refractivity contribution < 1.29 is 14.3 Å². The zero-order valence-electron chi connectivity index (χ0n) is 19.6. The van der Waals surface area contributed by atoms with Gasteiger partial charge in [0.1, 0.15) is 5.75 Å². The topological polar surface area (TPSA) is 60.5 Å². The molecule has 0 radical (unpaired) electrons. The minimum absolute atomic E-state index is 0.148. The van der Waals surface area contributed by atoms with Crippen molar-refractivity contribution in [3.8, 4) is 16.9 Å². The average molecular weight is 445 g/mol. The van der Waals surface area contributed by atoms with Gasteiger partial charge in [0.05, 0.1) is 12.0 Å². The number of carbonyl (C=O) groups is 1. The molecule has 0 amide bonds. The van der Waals surface area contributed by atoms with Crippen LogP contribution in [0.2, 0.25) is 0 Å². The van der Waals surface area contributed by atoms with E-state index in [0.29, 0.717) is 6.61 Å². The maximum atomic E-state index is 12.2. The molecular weight excluding hydrogens is 412 g/mol. The molecule has 5 heteroatoms. The summed E-state index contributed by atoms with van der Waals surface area (Å²) in [6, 6.07) is 20.9. The monoisotopic (exact) mass is 444 g/mol. The van der Waals surface area contributed by atoms with E-state index in [1.54, 1.807) is 6.20 Å². The highest BCUT2D eigenvalue weighted by Gasteiger charge is 2.34. The Labute approximate surface area is 196 Å². The van der Waals surface area contributed by atoms with Gasteiger partial charge in [-0.2, -0.15) is 0 Å². The summed E-state index contributed by atoms with van der Waals surface area (Å²) in [6.45, 7) is 6.95. The van der Waals surface area contributed by atoms with E-state index in [0.717, 1.165) is 30.7 Å². The molecule has 2 heterocycles. The van der Waals surface area contributed by atoms with Gasteiger partial charge in [0.25, 0.3) is 0 Å². The van der Waals surface area contributed by atoms with Gasteiger partial charge in [-0.1, -0.05) is 42.5 Å². The van der Waals surface area contributed by atoms with E-state index in [9.17, 15) is 4.79 Å². The molecule has 3 aromatic rings. The van der Waals surface area contributed by atoms with Crippen LogP contribution in [-0.4, -0.2) is 30.3 Å². The lowest BCUT2D eigenvalue weighted by atomic mass is 9.97. The number of benzene rings is 2. The predicted octanol–water partition coefficient (Wildman–Crippen LogP) is 5.24. The van der Waals surface area contributed by atoms with Crippen molar-refractivity contribution in [1.82, 2.24) is 10.3 Å². The third-order valence-electron chi connectivity index (χ3n) is 5.88. The number of nitrogens with one attached hydrogen (secondary N) is 1. The van der Waals surface area contributed by atoms with Gasteiger partial charge < -0.3 is 9.47 Å². The Morgan fingerprint density at radius 1 is 1.00 bits per heavy atom. The van der Waals surface area contributed by atoms with Crippen molar-refractivity contribution in [3.63, 3.8) is 0 Å². The number of carbonyl (C=O) groups excluding carboxylic acids is 1. The van der Waals surface area contributed by atoms with Crippen molar-refractivity contribution in [2.45, 2.75) is 39.8 Å². The Bertz CT molecular complexity index is 1040. The summed E-state index contributed by atoms with van der Waals surface area (Å²) in [5.41, 5.74) is 4.28. The quantitative estimate of drug-likeness (QED) is 0.505. The fraction of sp³-hybridized carbons (Fsp3) is 0.357.